The Hall–Kier alpha value is -1.59. The van der Waals surface area contributed by atoms with E-state index in [1.807, 2.05) is 25.1 Å². The monoisotopic (exact) mass is 202 g/mol. The van der Waals surface area contributed by atoms with Gasteiger partial charge in [0.15, 0.2) is 0 Å². The number of hydrogen-bond donors (Lipinski definition) is 0. The topological polar surface area (TPSA) is 36.7 Å². The van der Waals surface area contributed by atoms with Gasteiger partial charge in [0.25, 0.3) is 0 Å². The maximum absolute atomic E-state index is 8.89. The summed E-state index contributed by atoms with van der Waals surface area (Å²) in [6, 6.07) is 9.46. The lowest BCUT2D eigenvalue weighted by Gasteiger charge is -2.01. The molecule has 0 aliphatic rings. The van der Waals surface area contributed by atoms with Crippen molar-refractivity contribution < 1.29 is 0 Å². The van der Waals surface area contributed by atoms with Gasteiger partial charge in [-0.15, -0.1) is 0 Å². The van der Waals surface area contributed by atoms with Crippen LogP contribution in [0.5, 0.6) is 0 Å². The van der Waals surface area contributed by atoms with Crippen LogP contribution in [-0.4, -0.2) is 4.98 Å². The van der Waals surface area contributed by atoms with E-state index in [1.54, 1.807) is 6.07 Å². The van der Waals surface area contributed by atoms with Crippen LogP contribution in [0.3, 0.4) is 0 Å². The van der Waals surface area contributed by atoms with E-state index in [-0.39, 0.29) is 0 Å². The number of halogens is 1. The van der Waals surface area contributed by atoms with Crippen LogP contribution in [0.4, 0.5) is 0 Å². The van der Waals surface area contributed by atoms with Gasteiger partial charge in [0.2, 0.25) is 0 Å². The summed E-state index contributed by atoms with van der Waals surface area (Å²) in [6.07, 6.45) is 0. The summed E-state index contributed by atoms with van der Waals surface area (Å²) in [5, 5.41) is 10.1. The van der Waals surface area contributed by atoms with Crippen molar-refractivity contribution in [2.75, 3.05) is 0 Å². The predicted molar refractivity (Wildman–Crippen MR) is 56.2 cm³/mol. The van der Waals surface area contributed by atoms with Gasteiger partial charge in [0.05, 0.1) is 17.1 Å². The third-order valence-corrected chi connectivity index (χ3v) is 2.25. The molecule has 0 amide bonds. The number of aryl methyl sites for hydroxylation is 1. The molecule has 0 aliphatic heterocycles. The first-order valence-electron chi connectivity index (χ1n) is 4.18. The fourth-order valence-electron chi connectivity index (χ4n) is 1.40. The molecule has 0 radical (unpaired) electrons. The van der Waals surface area contributed by atoms with Crippen LogP contribution in [0.2, 0.25) is 5.15 Å². The summed E-state index contributed by atoms with van der Waals surface area (Å²) < 4.78 is 0. The van der Waals surface area contributed by atoms with Crippen molar-refractivity contribution in [3.05, 3.63) is 40.5 Å². The number of rotatable bonds is 0. The molecule has 0 saturated heterocycles. The lowest BCUT2D eigenvalue weighted by Crippen LogP contribution is -1.86. The average Bonchev–Trinajstić information content (AvgIpc) is 2.15. The van der Waals surface area contributed by atoms with Gasteiger partial charge >= 0.3 is 0 Å². The zero-order valence-corrected chi connectivity index (χ0v) is 8.34. The van der Waals surface area contributed by atoms with E-state index in [0.717, 1.165) is 16.5 Å². The number of hydrogen-bond acceptors (Lipinski definition) is 2. The second-order valence-electron chi connectivity index (χ2n) is 3.12. The van der Waals surface area contributed by atoms with Gasteiger partial charge in [-0.1, -0.05) is 23.7 Å². The molecule has 0 saturated carbocycles. The third kappa shape index (κ3) is 1.43. The first-order chi connectivity index (χ1) is 6.70. The zero-order valence-electron chi connectivity index (χ0n) is 7.58. The molecule has 0 aliphatic carbocycles. The minimum Gasteiger partial charge on any atom is -0.236 e. The first-order valence-corrected chi connectivity index (χ1v) is 4.55. The molecule has 2 aromatic rings. The minimum atomic E-state index is 0.361. The van der Waals surface area contributed by atoms with E-state index in [4.69, 9.17) is 16.9 Å². The molecular formula is C11H7ClN2. The highest BCUT2D eigenvalue weighted by molar-refractivity contribution is 6.30. The Morgan fingerprint density at radius 2 is 2.14 bits per heavy atom. The smallest absolute Gasteiger partial charge is 0.131 e. The second-order valence-corrected chi connectivity index (χ2v) is 3.51. The summed E-state index contributed by atoms with van der Waals surface area (Å²) >= 11 is 5.79. The fraction of sp³-hybridized carbons (Fsp3) is 0.0909. The van der Waals surface area contributed by atoms with E-state index in [9.17, 15) is 0 Å². The molecule has 2 rings (SSSR count). The molecule has 0 N–H and O–H groups in total. The molecule has 0 atom stereocenters. The molecule has 0 unspecified atom stereocenters. The van der Waals surface area contributed by atoms with Crippen LogP contribution in [0.15, 0.2) is 24.3 Å². The van der Waals surface area contributed by atoms with Crippen LogP contribution in [-0.2, 0) is 0 Å². The van der Waals surface area contributed by atoms with Crippen molar-refractivity contribution in [3.8, 4) is 6.07 Å². The largest absolute Gasteiger partial charge is 0.236 e. The number of aromatic nitrogens is 1. The van der Waals surface area contributed by atoms with Gasteiger partial charge in [-0.3, -0.25) is 0 Å². The Labute approximate surface area is 86.8 Å². The first kappa shape index (κ1) is 8.98. The van der Waals surface area contributed by atoms with Crippen molar-refractivity contribution in [2.45, 2.75) is 6.92 Å². The Kier molecular flexibility index (Phi) is 2.11. The Morgan fingerprint density at radius 3 is 2.86 bits per heavy atom. The molecule has 3 heteroatoms. The van der Waals surface area contributed by atoms with Crippen molar-refractivity contribution >= 4 is 22.5 Å². The van der Waals surface area contributed by atoms with Gasteiger partial charge in [0.1, 0.15) is 5.15 Å². The minimum absolute atomic E-state index is 0.361. The van der Waals surface area contributed by atoms with Crippen molar-refractivity contribution in [2.24, 2.45) is 0 Å². The number of nitrogens with zero attached hydrogens (tertiary/aromatic N) is 2. The van der Waals surface area contributed by atoms with Crippen LogP contribution in [0.1, 0.15) is 11.1 Å². The van der Waals surface area contributed by atoms with Crippen molar-refractivity contribution in [1.82, 2.24) is 4.98 Å². The molecular weight excluding hydrogens is 196 g/mol. The quantitative estimate of drug-likeness (QED) is 0.616. The van der Waals surface area contributed by atoms with E-state index in [1.165, 1.54) is 0 Å². The van der Waals surface area contributed by atoms with E-state index in [0.29, 0.717) is 10.7 Å². The number of fused-ring (bicyclic) bond motifs is 1. The van der Waals surface area contributed by atoms with Gasteiger partial charge in [0, 0.05) is 5.39 Å². The van der Waals surface area contributed by atoms with Gasteiger partial charge in [-0.25, -0.2) is 4.98 Å². The van der Waals surface area contributed by atoms with E-state index in [2.05, 4.69) is 11.1 Å². The van der Waals surface area contributed by atoms with Crippen molar-refractivity contribution in [1.29, 1.82) is 5.26 Å². The average molecular weight is 203 g/mol. The highest BCUT2D eigenvalue weighted by Gasteiger charge is 2.03. The molecule has 2 nitrogen and oxygen atoms in total. The van der Waals surface area contributed by atoms with Crippen LogP contribution in [0, 0.1) is 18.3 Å². The summed E-state index contributed by atoms with van der Waals surface area (Å²) in [5.41, 5.74) is 2.45. The second kappa shape index (κ2) is 3.28. The van der Waals surface area contributed by atoms with Gasteiger partial charge < -0.3 is 0 Å². The number of benzene rings is 1. The molecule has 0 fully saturated rings. The Balaban J connectivity index is 2.89. The molecule has 1 aromatic heterocycles. The van der Waals surface area contributed by atoms with E-state index >= 15 is 0 Å². The normalized spacial score (nSPS) is 10.1. The summed E-state index contributed by atoms with van der Waals surface area (Å²) in [6.45, 7) is 1.98. The van der Waals surface area contributed by atoms with Crippen LogP contribution >= 0.6 is 11.6 Å². The number of pyridine rings is 1. The fourth-order valence-corrected chi connectivity index (χ4v) is 1.60. The number of nitriles is 1. The standard InChI is InChI=1S/C11H7ClN2/c1-7-2-3-9-8(6-13)5-11(12)14-10(9)4-7/h2-5H,1H3. The molecule has 14 heavy (non-hydrogen) atoms. The molecule has 1 heterocycles. The Bertz CT molecular complexity index is 535. The highest BCUT2D eigenvalue weighted by Crippen LogP contribution is 2.21. The lowest BCUT2D eigenvalue weighted by atomic mass is 10.1. The summed E-state index contributed by atoms with van der Waals surface area (Å²) in [5.74, 6) is 0. The highest BCUT2D eigenvalue weighted by atomic mass is 35.5. The summed E-state index contributed by atoms with van der Waals surface area (Å²) in [7, 11) is 0. The molecule has 68 valence electrons. The van der Waals surface area contributed by atoms with Gasteiger partial charge in [-0.05, 0) is 24.6 Å². The molecule has 0 spiro atoms. The van der Waals surface area contributed by atoms with Crippen molar-refractivity contribution in [3.63, 3.8) is 0 Å². The molecule has 1 aromatic carbocycles. The maximum atomic E-state index is 8.89. The summed E-state index contributed by atoms with van der Waals surface area (Å²) in [4.78, 5) is 4.16. The lowest BCUT2D eigenvalue weighted by molar-refractivity contribution is 1.37. The molecule has 0 bridgehead atoms. The third-order valence-electron chi connectivity index (χ3n) is 2.05. The predicted octanol–water partition coefficient (Wildman–Crippen LogP) is 3.07. The zero-order chi connectivity index (χ0) is 10.1. The Morgan fingerprint density at radius 1 is 1.36 bits per heavy atom. The maximum Gasteiger partial charge on any atom is 0.131 e. The van der Waals surface area contributed by atoms with E-state index < -0.39 is 0 Å². The van der Waals surface area contributed by atoms with Gasteiger partial charge in [-0.2, -0.15) is 5.26 Å². The van der Waals surface area contributed by atoms with Crippen LogP contribution < -0.4 is 0 Å². The SMILES string of the molecule is Cc1ccc2c(C#N)cc(Cl)nc2c1. The van der Waals surface area contributed by atoms with Crippen LogP contribution in [0.25, 0.3) is 10.9 Å².